The van der Waals surface area contributed by atoms with Gasteiger partial charge in [0.2, 0.25) is 0 Å². The molecule has 1 amide bonds. The van der Waals surface area contributed by atoms with Crippen LogP contribution in [0.3, 0.4) is 0 Å². The van der Waals surface area contributed by atoms with Gasteiger partial charge in [-0.1, -0.05) is 20.8 Å². The van der Waals surface area contributed by atoms with Crippen molar-refractivity contribution in [1.29, 1.82) is 0 Å². The highest BCUT2D eigenvalue weighted by atomic mass is 32.2. The van der Waals surface area contributed by atoms with Crippen LogP contribution < -0.4 is 11.1 Å². The smallest absolute Gasteiger partial charge is 0.274 e. The van der Waals surface area contributed by atoms with E-state index in [0.717, 1.165) is 12.3 Å². The normalized spacial score (nSPS) is 21.0. The van der Waals surface area contributed by atoms with E-state index in [2.05, 4.69) is 14.7 Å². The van der Waals surface area contributed by atoms with E-state index in [4.69, 9.17) is 10.7 Å². The summed E-state index contributed by atoms with van der Waals surface area (Å²) in [5.74, 6) is -1.36. The minimum atomic E-state index is -1.32. The first kappa shape index (κ1) is 23.9. The molecule has 1 aliphatic heterocycles. The highest BCUT2D eigenvalue weighted by Crippen LogP contribution is 2.40. The summed E-state index contributed by atoms with van der Waals surface area (Å²) in [6.45, 7) is 7.85. The first-order chi connectivity index (χ1) is 14.9. The fourth-order valence-electron chi connectivity index (χ4n) is 3.36. The summed E-state index contributed by atoms with van der Waals surface area (Å²) >= 11 is 0. The maximum Gasteiger partial charge on any atom is 0.274 e. The topological polar surface area (TPSA) is 113 Å². The number of amides is 1. The summed E-state index contributed by atoms with van der Waals surface area (Å²) in [4.78, 5) is 21.0. The Morgan fingerprint density at radius 2 is 1.97 bits per heavy atom. The molecule has 2 heterocycles. The number of aliphatic imine (C=N–C) groups is 1. The van der Waals surface area contributed by atoms with Crippen molar-refractivity contribution >= 4 is 28.4 Å². The molecule has 2 aromatic rings. The van der Waals surface area contributed by atoms with Crippen LogP contribution >= 0.6 is 0 Å². The molecule has 0 radical (unpaired) electrons. The number of nitrogens with one attached hydrogen (secondary N) is 1. The zero-order valence-electron chi connectivity index (χ0n) is 18.4. The van der Waals surface area contributed by atoms with Gasteiger partial charge < -0.3 is 15.6 Å². The fraction of sp³-hybridized carbons (Fsp3) is 0.409. The maximum absolute atomic E-state index is 15.1. The second-order valence-electron chi connectivity index (χ2n) is 8.83. The average Bonchev–Trinajstić information content (AvgIpc) is 3.15. The molecule has 3 rings (SSSR count). The van der Waals surface area contributed by atoms with E-state index in [-0.39, 0.29) is 11.3 Å². The quantitative estimate of drug-likeness (QED) is 0.454. The number of carbonyl (C=O) groups excluding carboxylic acids is 1. The molecule has 0 saturated heterocycles. The summed E-state index contributed by atoms with van der Waals surface area (Å²) in [5.41, 5.74) is 5.07. The Hall–Kier alpha value is -2.72. The molecule has 0 saturated carbocycles. The van der Waals surface area contributed by atoms with Crippen LogP contribution in [-0.2, 0) is 16.5 Å². The predicted octanol–water partition coefficient (Wildman–Crippen LogP) is 4.28. The number of hydrogen-bond acceptors (Lipinski definition) is 4. The Balaban J connectivity index is 2.04. The van der Waals surface area contributed by atoms with E-state index in [1.165, 1.54) is 24.3 Å². The van der Waals surface area contributed by atoms with Crippen molar-refractivity contribution in [3.05, 3.63) is 59.4 Å². The molecule has 172 valence electrons. The minimum Gasteiger partial charge on any atom is -0.387 e. The summed E-state index contributed by atoms with van der Waals surface area (Å²) in [6.07, 6.45) is 1.46. The van der Waals surface area contributed by atoms with Crippen LogP contribution in [-0.4, -0.2) is 33.1 Å². The van der Waals surface area contributed by atoms with Crippen molar-refractivity contribution in [2.24, 2.45) is 20.5 Å². The van der Waals surface area contributed by atoms with Crippen molar-refractivity contribution in [1.82, 2.24) is 4.98 Å². The maximum atomic E-state index is 15.1. The van der Waals surface area contributed by atoms with Crippen molar-refractivity contribution in [3.8, 4) is 0 Å². The van der Waals surface area contributed by atoms with E-state index < -0.39 is 44.7 Å². The van der Waals surface area contributed by atoms with Gasteiger partial charge in [0, 0.05) is 34.2 Å². The van der Waals surface area contributed by atoms with E-state index in [9.17, 15) is 13.7 Å². The monoisotopic (exact) mass is 463 g/mol. The molecule has 3 atom stereocenters. The van der Waals surface area contributed by atoms with E-state index in [1.807, 2.05) is 20.8 Å². The molecule has 1 aromatic carbocycles. The Bertz CT molecular complexity index is 1080. The summed E-state index contributed by atoms with van der Waals surface area (Å²) in [6, 6.07) is 6.50. The predicted molar refractivity (Wildman–Crippen MR) is 123 cm³/mol. The second kappa shape index (κ2) is 9.03. The molecule has 0 aliphatic carbocycles. The number of pyridine rings is 1. The summed E-state index contributed by atoms with van der Waals surface area (Å²) in [5, 5.41) is 2.18. The molecule has 1 unspecified atom stereocenters. The lowest BCUT2D eigenvalue weighted by atomic mass is 9.85. The molecule has 10 heteroatoms. The van der Waals surface area contributed by atoms with Gasteiger partial charge in [0.1, 0.15) is 28.7 Å². The Morgan fingerprint density at radius 3 is 2.53 bits per heavy atom. The van der Waals surface area contributed by atoms with Crippen molar-refractivity contribution in [3.63, 3.8) is 0 Å². The van der Waals surface area contributed by atoms with Gasteiger partial charge in [-0.25, -0.2) is 18.1 Å². The number of aromatic nitrogens is 1. The van der Waals surface area contributed by atoms with Gasteiger partial charge in [0.25, 0.3) is 5.91 Å². The first-order valence-corrected chi connectivity index (χ1v) is 11.3. The van der Waals surface area contributed by atoms with Crippen LogP contribution in [0.15, 0.2) is 45.9 Å². The zero-order chi connectivity index (χ0) is 23.7. The molecular weight excluding hydrogens is 436 g/mol. The van der Waals surface area contributed by atoms with Gasteiger partial charge >= 0.3 is 0 Å². The van der Waals surface area contributed by atoms with Crippen molar-refractivity contribution in [2.45, 2.75) is 44.9 Å². The third-order valence-electron chi connectivity index (χ3n) is 5.35. The number of nitrogens with zero attached hydrogens (tertiary/aromatic N) is 3. The second-order valence-corrected chi connectivity index (χ2v) is 10.2. The number of benzene rings is 1. The SMILES string of the molecule is CC(C)(C)C(N)=N[C@](C)(c1cc(NC(=O)c2ccc(F)cn2)ccc1F)[C@@H]1CCN=S1O. The fourth-order valence-corrected chi connectivity index (χ4v) is 4.74. The Kier molecular flexibility index (Phi) is 6.75. The Morgan fingerprint density at radius 1 is 1.25 bits per heavy atom. The lowest BCUT2D eigenvalue weighted by molar-refractivity contribution is 0.102. The lowest BCUT2D eigenvalue weighted by Gasteiger charge is -2.34. The molecule has 0 bridgehead atoms. The third kappa shape index (κ3) is 5.02. The Labute approximate surface area is 188 Å². The van der Waals surface area contributed by atoms with E-state index in [0.29, 0.717) is 24.5 Å². The number of carbonyl (C=O) groups is 1. The first-order valence-electron chi connectivity index (χ1n) is 10.1. The highest BCUT2D eigenvalue weighted by Gasteiger charge is 2.43. The molecule has 1 aliphatic rings. The zero-order valence-corrected chi connectivity index (χ0v) is 19.2. The molecule has 7 nitrogen and oxygen atoms in total. The number of rotatable bonds is 5. The van der Waals surface area contributed by atoms with Gasteiger partial charge in [0.05, 0.1) is 11.4 Å². The number of halogens is 2. The number of hydrogen-bond donors (Lipinski definition) is 3. The summed E-state index contributed by atoms with van der Waals surface area (Å²) in [7, 11) is -1.32. The largest absolute Gasteiger partial charge is 0.387 e. The van der Waals surface area contributed by atoms with E-state index >= 15 is 4.39 Å². The van der Waals surface area contributed by atoms with Crippen LogP contribution in [0.25, 0.3) is 0 Å². The van der Waals surface area contributed by atoms with Gasteiger partial charge in [-0.15, -0.1) is 0 Å². The van der Waals surface area contributed by atoms with Gasteiger partial charge in [0.15, 0.2) is 0 Å². The number of amidine groups is 1. The highest BCUT2D eigenvalue weighted by molar-refractivity contribution is 7.82. The van der Waals surface area contributed by atoms with Crippen molar-refractivity contribution < 1.29 is 18.1 Å². The standard InChI is InChI=1S/C22H27F2N5O2S/c1-21(2,3)20(25)29-22(4,18-9-10-27-32(18)31)15-11-14(6-7-16(15)24)28-19(30)17-8-5-13(23)12-26-17/h5-8,11-12,18H,9-10H2,1-4H3,(H2,25,29)(H,27,31)(H,28,30)/t18-,22+,32?/m0/s1. The van der Waals surface area contributed by atoms with Crippen molar-refractivity contribution in [2.75, 3.05) is 11.9 Å². The third-order valence-corrected chi connectivity index (χ3v) is 7.00. The van der Waals surface area contributed by atoms with Crippen LogP contribution in [0.1, 0.15) is 50.2 Å². The average molecular weight is 464 g/mol. The lowest BCUT2D eigenvalue weighted by Crippen LogP contribution is -2.41. The molecular formula is C22H27F2N5O2S. The van der Waals surface area contributed by atoms with Crippen LogP contribution in [0.2, 0.25) is 0 Å². The molecule has 1 aromatic heterocycles. The van der Waals surface area contributed by atoms with Crippen LogP contribution in [0, 0.1) is 17.0 Å². The molecule has 32 heavy (non-hydrogen) atoms. The number of nitrogens with two attached hydrogens (primary N) is 1. The molecule has 4 N–H and O–H groups in total. The van der Waals surface area contributed by atoms with Crippen LogP contribution in [0.4, 0.5) is 14.5 Å². The van der Waals surface area contributed by atoms with Crippen LogP contribution in [0.5, 0.6) is 0 Å². The summed E-state index contributed by atoms with van der Waals surface area (Å²) < 4.78 is 42.9. The number of anilines is 1. The minimum absolute atomic E-state index is 0.0153. The van der Waals surface area contributed by atoms with Gasteiger partial charge in [-0.2, -0.15) is 0 Å². The molecule has 0 spiro atoms. The van der Waals surface area contributed by atoms with Gasteiger partial charge in [-0.05, 0) is 43.7 Å². The van der Waals surface area contributed by atoms with E-state index in [1.54, 1.807) is 6.92 Å². The molecule has 0 fully saturated rings. The van der Waals surface area contributed by atoms with Gasteiger partial charge in [-0.3, -0.25) is 9.79 Å².